The summed E-state index contributed by atoms with van der Waals surface area (Å²) in [4.78, 5) is 0. The Bertz CT molecular complexity index is 292. The van der Waals surface area contributed by atoms with Gasteiger partial charge in [-0.1, -0.05) is 96.8 Å². The number of rotatable bonds is 3. The molecule has 0 spiro atoms. The molecule has 3 aliphatic carbocycles. The number of hydrogen-bond acceptors (Lipinski definition) is 1. The van der Waals surface area contributed by atoms with Gasteiger partial charge in [0, 0.05) is 0 Å². The van der Waals surface area contributed by atoms with E-state index in [1.165, 1.54) is 89.9 Å². The van der Waals surface area contributed by atoms with Gasteiger partial charge in [-0.2, -0.15) is 0 Å². The van der Waals surface area contributed by atoms with E-state index in [1.807, 2.05) is 0 Å². The predicted octanol–water partition coefficient (Wildman–Crippen LogP) is 6.14. The van der Waals surface area contributed by atoms with Gasteiger partial charge in [-0.05, 0) is 22.5 Å². The highest BCUT2D eigenvalue weighted by molar-refractivity contribution is 6.81. The van der Waals surface area contributed by atoms with Crippen molar-refractivity contribution in [1.82, 2.24) is 0 Å². The quantitative estimate of drug-likeness (QED) is 0.623. The monoisotopic (exact) mass is 307 g/mol. The molecule has 0 radical (unpaired) electrons. The van der Waals surface area contributed by atoms with Gasteiger partial charge in [0.25, 0.3) is 0 Å². The molecule has 0 aromatic rings. The smallest absolute Gasteiger partial charge is 0.132 e. The third-order valence-corrected chi connectivity index (χ3v) is 13.3. The van der Waals surface area contributed by atoms with Gasteiger partial charge in [-0.15, -0.1) is 0 Å². The zero-order chi connectivity index (χ0) is 14.7. The van der Waals surface area contributed by atoms with Crippen molar-refractivity contribution in [2.24, 2.45) is 11.3 Å². The molecule has 21 heavy (non-hydrogen) atoms. The summed E-state index contributed by atoms with van der Waals surface area (Å²) >= 11 is 0. The average Bonchev–Trinajstić information content (AvgIpc) is 2.56. The third-order valence-electron chi connectivity index (χ3n) is 7.35. The highest BCUT2D eigenvalue weighted by Crippen LogP contribution is 2.54. The van der Waals surface area contributed by atoms with Crippen molar-refractivity contribution in [2.75, 3.05) is 0 Å². The van der Waals surface area contributed by atoms with Gasteiger partial charge >= 0.3 is 0 Å². The number of hydrogen-bond donors (Lipinski definition) is 1. The molecule has 122 valence electrons. The lowest BCUT2D eigenvalue weighted by atomic mass is 9.90. The molecule has 0 aliphatic heterocycles. The van der Waals surface area contributed by atoms with E-state index < -0.39 is 8.24 Å². The van der Waals surface area contributed by atoms with Crippen molar-refractivity contribution in [3.63, 3.8) is 0 Å². The molecular weight excluding hydrogens is 270 g/mol. The van der Waals surface area contributed by atoms with E-state index in [1.54, 1.807) is 0 Å². The van der Waals surface area contributed by atoms with Crippen molar-refractivity contribution < 1.29 is 0 Å². The van der Waals surface area contributed by atoms with Crippen LogP contribution in [0, 0.1) is 5.92 Å². The molecule has 3 fully saturated rings. The van der Waals surface area contributed by atoms with E-state index in [-0.39, 0.29) is 0 Å². The van der Waals surface area contributed by atoms with Crippen LogP contribution in [0.5, 0.6) is 0 Å². The van der Waals surface area contributed by atoms with Crippen LogP contribution in [0.2, 0.25) is 16.6 Å². The Morgan fingerprint density at radius 1 is 0.571 bits per heavy atom. The van der Waals surface area contributed by atoms with Gasteiger partial charge in [-0.3, -0.25) is 0 Å². The summed E-state index contributed by atoms with van der Waals surface area (Å²) < 4.78 is 0. The van der Waals surface area contributed by atoms with E-state index in [2.05, 4.69) is 6.92 Å². The fraction of sp³-hybridized carbons (Fsp3) is 1.00. The SMILES string of the molecule is CC1CCC([Si](N)(C2CCCCC2)C2CCCCC2)CC1. The first kappa shape index (κ1) is 16.0. The second kappa shape index (κ2) is 7.17. The van der Waals surface area contributed by atoms with E-state index in [0.717, 1.165) is 22.5 Å². The topological polar surface area (TPSA) is 26.0 Å². The second-order valence-corrected chi connectivity index (χ2v) is 13.1. The van der Waals surface area contributed by atoms with Crippen molar-refractivity contribution in [1.29, 1.82) is 0 Å². The van der Waals surface area contributed by atoms with Crippen molar-refractivity contribution >= 4 is 8.24 Å². The fourth-order valence-electron chi connectivity index (χ4n) is 5.97. The molecule has 0 atom stereocenters. The summed E-state index contributed by atoms with van der Waals surface area (Å²) in [5, 5.41) is 7.51. The van der Waals surface area contributed by atoms with Crippen LogP contribution >= 0.6 is 0 Å². The van der Waals surface area contributed by atoms with Crippen LogP contribution in [0.4, 0.5) is 0 Å². The van der Waals surface area contributed by atoms with Gasteiger partial charge in [-0.25, -0.2) is 0 Å². The summed E-state index contributed by atoms with van der Waals surface area (Å²) in [5.74, 6) is 0.970. The molecule has 0 aromatic carbocycles. The lowest BCUT2D eigenvalue weighted by molar-refractivity contribution is 0.359. The molecule has 3 rings (SSSR count). The first-order valence-corrected chi connectivity index (χ1v) is 12.3. The van der Waals surface area contributed by atoms with Crippen LogP contribution < -0.4 is 5.40 Å². The first-order valence-electron chi connectivity index (χ1n) is 10.00. The molecular formula is C19H37NSi. The lowest BCUT2D eigenvalue weighted by Crippen LogP contribution is -2.59. The van der Waals surface area contributed by atoms with Gasteiger partial charge in [0.2, 0.25) is 0 Å². The molecule has 3 saturated carbocycles. The molecule has 2 heteroatoms. The second-order valence-electron chi connectivity index (χ2n) is 8.63. The Hall–Kier alpha value is 0.177. The minimum atomic E-state index is -1.58. The highest BCUT2D eigenvalue weighted by atomic mass is 28.3. The normalized spacial score (nSPS) is 34.0. The first-order chi connectivity index (χ1) is 10.2. The van der Waals surface area contributed by atoms with E-state index in [4.69, 9.17) is 5.40 Å². The molecule has 0 heterocycles. The molecule has 0 aromatic heterocycles. The van der Waals surface area contributed by atoms with Crippen LogP contribution in [-0.4, -0.2) is 8.24 Å². The van der Waals surface area contributed by atoms with Gasteiger partial charge < -0.3 is 5.40 Å². The van der Waals surface area contributed by atoms with Gasteiger partial charge in [0.1, 0.15) is 8.24 Å². The molecule has 0 bridgehead atoms. The summed E-state index contributed by atoms with van der Waals surface area (Å²) in [6.45, 7) is 2.46. The summed E-state index contributed by atoms with van der Waals surface area (Å²) in [6, 6.07) is 0. The molecule has 1 nitrogen and oxygen atoms in total. The van der Waals surface area contributed by atoms with E-state index in [0.29, 0.717) is 0 Å². The number of nitrogens with two attached hydrogens (primary N) is 1. The van der Waals surface area contributed by atoms with Gasteiger partial charge in [0.05, 0.1) is 0 Å². The Labute approximate surface area is 133 Å². The molecule has 0 unspecified atom stereocenters. The lowest BCUT2D eigenvalue weighted by Gasteiger charge is -2.51. The fourth-order valence-corrected chi connectivity index (χ4v) is 12.1. The van der Waals surface area contributed by atoms with Crippen LogP contribution in [0.3, 0.4) is 0 Å². The Morgan fingerprint density at radius 2 is 0.952 bits per heavy atom. The Morgan fingerprint density at radius 3 is 1.38 bits per heavy atom. The maximum absolute atomic E-state index is 7.51. The van der Waals surface area contributed by atoms with Crippen LogP contribution in [0.25, 0.3) is 0 Å². The zero-order valence-electron chi connectivity index (χ0n) is 14.3. The average molecular weight is 308 g/mol. The molecule has 2 N–H and O–H groups in total. The summed E-state index contributed by atoms with van der Waals surface area (Å²) in [5.41, 5.74) is 2.93. The molecule has 0 amide bonds. The van der Waals surface area contributed by atoms with Crippen molar-refractivity contribution in [3.8, 4) is 0 Å². The van der Waals surface area contributed by atoms with E-state index >= 15 is 0 Å². The van der Waals surface area contributed by atoms with E-state index in [9.17, 15) is 0 Å². The maximum atomic E-state index is 7.51. The minimum absolute atomic E-state index is 0.970. The van der Waals surface area contributed by atoms with Crippen molar-refractivity contribution in [2.45, 2.75) is 113 Å². The molecule has 0 saturated heterocycles. The van der Waals surface area contributed by atoms with Crippen molar-refractivity contribution in [3.05, 3.63) is 0 Å². The van der Waals surface area contributed by atoms with Crippen LogP contribution in [-0.2, 0) is 0 Å². The Kier molecular flexibility index (Phi) is 5.48. The zero-order valence-corrected chi connectivity index (χ0v) is 15.3. The largest absolute Gasteiger partial charge is 0.350 e. The summed E-state index contributed by atoms with van der Waals surface area (Å²) in [6.07, 6.45) is 20.7. The van der Waals surface area contributed by atoms with Crippen LogP contribution in [0.15, 0.2) is 0 Å². The molecule has 3 aliphatic rings. The highest BCUT2D eigenvalue weighted by Gasteiger charge is 2.50. The Balaban J connectivity index is 1.78. The third kappa shape index (κ3) is 3.42. The van der Waals surface area contributed by atoms with Crippen LogP contribution in [0.1, 0.15) is 96.8 Å². The standard InChI is InChI=1S/C19H37NSi/c1-16-12-14-19(15-13-16)21(20,17-8-4-2-5-9-17)18-10-6-3-7-11-18/h16-19H,2-15,20H2,1H3. The summed E-state index contributed by atoms with van der Waals surface area (Å²) in [7, 11) is -1.58. The van der Waals surface area contributed by atoms with Gasteiger partial charge in [0.15, 0.2) is 0 Å². The maximum Gasteiger partial charge on any atom is 0.132 e. The minimum Gasteiger partial charge on any atom is -0.350 e. The predicted molar refractivity (Wildman–Crippen MR) is 95.0 cm³/mol.